The van der Waals surface area contributed by atoms with Crippen LogP contribution in [0.3, 0.4) is 0 Å². The van der Waals surface area contributed by atoms with Crippen molar-refractivity contribution in [2.75, 3.05) is 19.1 Å². The Kier molecular flexibility index (Phi) is 3.92. The first-order valence-corrected chi connectivity index (χ1v) is 6.55. The van der Waals surface area contributed by atoms with Crippen LogP contribution in [0.1, 0.15) is 30.1 Å². The lowest BCUT2D eigenvalue weighted by Gasteiger charge is -2.27. The molecule has 1 atom stereocenters. The van der Waals surface area contributed by atoms with Gasteiger partial charge in [0.05, 0.1) is 17.6 Å². The van der Waals surface area contributed by atoms with E-state index < -0.39 is 10.9 Å². The lowest BCUT2D eigenvalue weighted by Crippen LogP contribution is -2.31. The highest BCUT2D eigenvalue weighted by molar-refractivity contribution is 5.91. The fraction of sp³-hybridized carbons (Fsp3) is 0.500. The van der Waals surface area contributed by atoms with Gasteiger partial charge in [0.15, 0.2) is 0 Å². The molecule has 0 aliphatic heterocycles. The second kappa shape index (κ2) is 5.48. The zero-order valence-corrected chi connectivity index (χ0v) is 11.8. The fourth-order valence-electron chi connectivity index (χ4n) is 2.32. The normalized spacial score (nSPS) is 15.6. The third kappa shape index (κ3) is 2.74. The molecule has 0 aromatic heterocycles. The number of hydrogen-bond donors (Lipinski definition) is 0. The van der Waals surface area contributed by atoms with Crippen LogP contribution in [-0.2, 0) is 4.74 Å². The van der Waals surface area contributed by atoms with Crippen molar-refractivity contribution in [3.8, 4) is 0 Å². The van der Waals surface area contributed by atoms with Gasteiger partial charge in [-0.3, -0.25) is 10.1 Å². The maximum Gasteiger partial charge on any atom is 0.337 e. The number of nitro groups is 1. The summed E-state index contributed by atoms with van der Waals surface area (Å²) in [6.07, 6.45) is 2.30. The average Bonchev–Trinajstić information content (AvgIpc) is 3.28. The van der Waals surface area contributed by atoms with Gasteiger partial charge in [0.2, 0.25) is 0 Å². The smallest absolute Gasteiger partial charge is 0.337 e. The summed E-state index contributed by atoms with van der Waals surface area (Å²) in [6.45, 7) is 2.05. The molecule has 0 bridgehead atoms. The van der Waals surface area contributed by atoms with Crippen LogP contribution in [-0.4, -0.2) is 31.1 Å². The quantitative estimate of drug-likeness (QED) is 0.470. The van der Waals surface area contributed by atoms with Gasteiger partial charge in [-0.25, -0.2) is 4.79 Å². The Bertz CT molecular complexity index is 540. The van der Waals surface area contributed by atoms with Gasteiger partial charge in [-0.2, -0.15) is 0 Å². The Labute approximate surface area is 117 Å². The van der Waals surface area contributed by atoms with Gasteiger partial charge in [-0.1, -0.05) is 0 Å². The zero-order chi connectivity index (χ0) is 14.9. The summed E-state index contributed by atoms with van der Waals surface area (Å²) in [7, 11) is 3.12. The molecule has 0 spiro atoms. The molecule has 1 aromatic rings. The number of methoxy groups -OCH3 is 1. The molecule has 6 nitrogen and oxygen atoms in total. The van der Waals surface area contributed by atoms with E-state index in [0.717, 1.165) is 12.8 Å². The number of carbonyl (C=O) groups is 1. The first-order valence-electron chi connectivity index (χ1n) is 6.55. The summed E-state index contributed by atoms with van der Waals surface area (Å²) >= 11 is 0. The maximum absolute atomic E-state index is 11.6. The van der Waals surface area contributed by atoms with Crippen molar-refractivity contribution < 1.29 is 14.5 Å². The molecule has 0 heterocycles. The number of rotatable bonds is 5. The van der Waals surface area contributed by atoms with E-state index in [2.05, 4.69) is 4.74 Å². The minimum Gasteiger partial charge on any atom is -0.465 e. The number of hydrogen-bond acceptors (Lipinski definition) is 5. The molecule has 0 radical (unpaired) electrons. The van der Waals surface area contributed by atoms with Gasteiger partial charge in [-0.15, -0.1) is 0 Å². The third-order valence-corrected chi connectivity index (χ3v) is 3.89. The van der Waals surface area contributed by atoms with Crippen molar-refractivity contribution in [3.05, 3.63) is 33.9 Å². The number of esters is 1. The molecule has 2 rings (SSSR count). The highest BCUT2D eigenvalue weighted by atomic mass is 16.6. The molecule has 108 valence electrons. The monoisotopic (exact) mass is 278 g/mol. The fourth-order valence-corrected chi connectivity index (χ4v) is 2.32. The van der Waals surface area contributed by atoms with Crippen LogP contribution in [0, 0.1) is 16.0 Å². The molecule has 0 N–H and O–H groups in total. The van der Waals surface area contributed by atoms with Crippen LogP contribution in [0.25, 0.3) is 0 Å². The van der Waals surface area contributed by atoms with E-state index in [4.69, 9.17) is 0 Å². The molecular weight excluding hydrogens is 260 g/mol. The van der Waals surface area contributed by atoms with Crippen molar-refractivity contribution in [2.45, 2.75) is 25.8 Å². The predicted molar refractivity (Wildman–Crippen MR) is 75.0 cm³/mol. The Morgan fingerprint density at radius 2 is 2.15 bits per heavy atom. The average molecular weight is 278 g/mol. The lowest BCUT2D eigenvalue weighted by atomic mass is 10.1. The minimum absolute atomic E-state index is 0.00709. The van der Waals surface area contributed by atoms with Gasteiger partial charge in [0.1, 0.15) is 5.69 Å². The van der Waals surface area contributed by atoms with E-state index in [1.807, 2.05) is 18.9 Å². The SMILES string of the molecule is COC(=O)c1ccc([N+](=O)[O-])c(N(C)C(C)C2CC2)c1. The van der Waals surface area contributed by atoms with Crippen LogP contribution in [0.5, 0.6) is 0 Å². The van der Waals surface area contributed by atoms with Crippen molar-refractivity contribution in [1.82, 2.24) is 0 Å². The van der Waals surface area contributed by atoms with Gasteiger partial charge < -0.3 is 9.64 Å². The zero-order valence-electron chi connectivity index (χ0n) is 11.8. The van der Waals surface area contributed by atoms with Gasteiger partial charge in [0.25, 0.3) is 5.69 Å². The van der Waals surface area contributed by atoms with Crippen LogP contribution >= 0.6 is 0 Å². The molecule has 1 fully saturated rings. The maximum atomic E-state index is 11.6. The van der Waals surface area contributed by atoms with E-state index in [1.54, 1.807) is 0 Å². The Morgan fingerprint density at radius 1 is 1.50 bits per heavy atom. The highest BCUT2D eigenvalue weighted by Gasteiger charge is 2.33. The third-order valence-electron chi connectivity index (χ3n) is 3.89. The molecule has 1 unspecified atom stereocenters. The molecule has 0 saturated heterocycles. The predicted octanol–water partition coefficient (Wildman–Crippen LogP) is 2.62. The molecule has 20 heavy (non-hydrogen) atoms. The summed E-state index contributed by atoms with van der Waals surface area (Å²) in [4.78, 5) is 24.2. The lowest BCUT2D eigenvalue weighted by molar-refractivity contribution is -0.384. The number of nitro benzene ring substituents is 1. The first kappa shape index (κ1) is 14.3. The number of ether oxygens (including phenoxy) is 1. The van der Waals surface area contributed by atoms with Crippen molar-refractivity contribution in [2.24, 2.45) is 5.92 Å². The van der Waals surface area contributed by atoms with Crippen molar-refractivity contribution >= 4 is 17.3 Å². The summed E-state index contributed by atoms with van der Waals surface area (Å²) in [5, 5.41) is 11.1. The van der Waals surface area contributed by atoms with Crippen LogP contribution in [0.4, 0.5) is 11.4 Å². The second-order valence-corrected chi connectivity index (χ2v) is 5.14. The summed E-state index contributed by atoms with van der Waals surface area (Å²) < 4.78 is 4.66. The molecule has 0 amide bonds. The van der Waals surface area contributed by atoms with Gasteiger partial charge in [-0.05, 0) is 37.8 Å². The van der Waals surface area contributed by atoms with Gasteiger partial charge in [0, 0.05) is 19.2 Å². The van der Waals surface area contributed by atoms with E-state index >= 15 is 0 Å². The van der Waals surface area contributed by atoms with E-state index in [1.165, 1.54) is 25.3 Å². The van der Waals surface area contributed by atoms with Crippen molar-refractivity contribution in [3.63, 3.8) is 0 Å². The standard InChI is InChI=1S/C14H18N2O4/c1-9(10-4-5-10)15(2)13-8-11(14(17)20-3)6-7-12(13)16(18)19/h6-10H,4-5H2,1-3H3. The van der Waals surface area contributed by atoms with E-state index in [-0.39, 0.29) is 11.7 Å². The van der Waals surface area contributed by atoms with E-state index in [9.17, 15) is 14.9 Å². The second-order valence-electron chi connectivity index (χ2n) is 5.14. The molecule has 6 heteroatoms. The molecule has 1 aromatic carbocycles. The molecule has 1 saturated carbocycles. The number of nitrogens with zero attached hydrogens (tertiary/aromatic N) is 2. The Balaban J connectivity index is 2.40. The summed E-state index contributed by atoms with van der Waals surface area (Å²) in [5.74, 6) is 0.0787. The molecule has 1 aliphatic carbocycles. The highest BCUT2D eigenvalue weighted by Crippen LogP contribution is 2.38. The number of benzene rings is 1. The number of anilines is 1. The Hall–Kier alpha value is -2.11. The van der Waals surface area contributed by atoms with E-state index in [0.29, 0.717) is 17.2 Å². The van der Waals surface area contributed by atoms with Gasteiger partial charge >= 0.3 is 5.97 Å². The molecular formula is C14H18N2O4. The molecule has 1 aliphatic rings. The Morgan fingerprint density at radius 3 is 2.65 bits per heavy atom. The van der Waals surface area contributed by atoms with Crippen LogP contribution in [0.2, 0.25) is 0 Å². The largest absolute Gasteiger partial charge is 0.465 e. The summed E-state index contributed by atoms with van der Waals surface area (Å²) in [5.41, 5.74) is 0.785. The minimum atomic E-state index is -0.492. The number of carbonyl (C=O) groups excluding carboxylic acids is 1. The topological polar surface area (TPSA) is 72.7 Å². The first-order chi connectivity index (χ1) is 9.45. The summed E-state index contributed by atoms with van der Waals surface area (Å²) in [6, 6.07) is 4.52. The van der Waals surface area contributed by atoms with Crippen LogP contribution < -0.4 is 4.90 Å². The van der Waals surface area contributed by atoms with Crippen molar-refractivity contribution in [1.29, 1.82) is 0 Å². The van der Waals surface area contributed by atoms with Crippen LogP contribution in [0.15, 0.2) is 18.2 Å².